The van der Waals surface area contributed by atoms with Crippen molar-refractivity contribution in [2.24, 2.45) is 0 Å². The number of anilines is 1. The molecule has 3 heterocycles. The van der Waals surface area contributed by atoms with Crippen LogP contribution in [0.15, 0.2) is 34.3 Å². The Morgan fingerprint density at radius 2 is 2.30 bits per heavy atom. The molecule has 1 unspecified atom stereocenters. The largest absolute Gasteiger partial charge is 0.432 e. The molecule has 30 heavy (non-hydrogen) atoms. The maximum Gasteiger partial charge on any atom is 0.292 e. The molecule has 0 radical (unpaired) electrons. The first-order valence-electron chi connectivity index (χ1n) is 9.89. The van der Waals surface area contributed by atoms with Crippen molar-refractivity contribution in [2.75, 3.05) is 25.9 Å². The average Bonchev–Trinajstić information content (AvgIpc) is 3.39. The number of nitrogens with one attached hydrogen (secondary N) is 1. The zero-order chi connectivity index (χ0) is 21.1. The highest BCUT2D eigenvalue weighted by atomic mass is 35.5. The number of benzene rings is 1. The number of nitrogens with zero attached hydrogens (tertiary/aromatic N) is 3. The molecule has 3 N–H and O–H groups in total. The highest BCUT2D eigenvalue weighted by Gasteiger charge is 2.20. The first-order chi connectivity index (χ1) is 14.5. The molecule has 1 saturated heterocycles. The Kier molecular flexibility index (Phi) is 6.48. The summed E-state index contributed by atoms with van der Waals surface area (Å²) in [5.41, 5.74) is 8.40. The van der Waals surface area contributed by atoms with Gasteiger partial charge in [0, 0.05) is 41.5 Å². The van der Waals surface area contributed by atoms with Crippen LogP contribution in [0.4, 0.5) is 6.01 Å². The molecule has 0 aliphatic carbocycles. The van der Waals surface area contributed by atoms with Crippen LogP contribution in [0, 0.1) is 0 Å². The lowest BCUT2D eigenvalue weighted by atomic mass is 10.0. The van der Waals surface area contributed by atoms with E-state index in [-0.39, 0.29) is 23.9 Å². The molecule has 3 aromatic rings. The van der Waals surface area contributed by atoms with Crippen LogP contribution in [0.5, 0.6) is 0 Å². The van der Waals surface area contributed by atoms with Gasteiger partial charge in [-0.05, 0) is 44.1 Å². The van der Waals surface area contributed by atoms with E-state index in [1.54, 1.807) is 17.4 Å². The summed E-state index contributed by atoms with van der Waals surface area (Å²) in [6.45, 7) is 3.00. The van der Waals surface area contributed by atoms with Crippen molar-refractivity contribution < 1.29 is 9.21 Å². The molecule has 0 spiro atoms. The maximum absolute atomic E-state index is 12.4. The minimum atomic E-state index is -0.196. The molecule has 158 valence electrons. The van der Waals surface area contributed by atoms with Crippen LogP contribution in [0.2, 0.25) is 5.02 Å². The van der Waals surface area contributed by atoms with Gasteiger partial charge in [-0.3, -0.25) is 9.69 Å². The van der Waals surface area contributed by atoms with Crippen LogP contribution in [-0.4, -0.2) is 46.8 Å². The third-order valence-corrected chi connectivity index (χ3v) is 6.61. The van der Waals surface area contributed by atoms with Gasteiger partial charge in [0.2, 0.25) is 0 Å². The van der Waals surface area contributed by atoms with Crippen molar-refractivity contribution >= 4 is 34.7 Å². The van der Waals surface area contributed by atoms with E-state index < -0.39 is 0 Å². The van der Waals surface area contributed by atoms with Gasteiger partial charge in [-0.15, -0.1) is 11.3 Å². The summed E-state index contributed by atoms with van der Waals surface area (Å²) < 4.78 is 4.92. The molecule has 0 amide bonds. The number of halogens is 1. The lowest BCUT2D eigenvalue weighted by Crippen LogP contribution is -2.43. The van der Waals surface area contributed by atoms with Crippen LogP contribution < -0.4 is 11.1 Å². The van der Waals surface area contributed by atoms with Crippen molar-refractivity contribution in [2.45, 2.75) is 31.8 Å². The predicted molar refractivity (Wildman–Crippen MR) is 119 cm³/mol. The molecule has 4 rings (SSSR count). The fourth-order valence-electron chi connectivity index (χ4n) is 3.70. The van der Waals surface area contributed by atoms with E-state index in [1.807, 2.05) is 19.2 Å². The molecule has 1 aliphatic rings. The smallest absolute Gasteiger partial charge is 0.292 e. The molecule has 9 heteroatoms. The third-order valence-electron chi connectivity index (χ3n) is 5.30. The lowest BCUT2D eigenvalue weighted by molar-refractivity contribution is 0.0988. The molecular formula is C21H24ClN5O2S. The van der Waals surface area contributed by atoms with Crippen molar-refractivity contribution in [3.05, 3.63) is 51.8 Å². The molecule has 1 atom stereocenters. The first-order valence-corrected chi connectivity index (χ1v) is 11.1. The highest BCUT2D eigenvalue weighted by molar-refractivity contribution is 7.13. The van der Waals surface area contributed by atoms with Gasteiger partial charge in [-0.2, -0.15) is 4.98 Å². The topological polar surface area (TPSA) is 97.3 Å². The van der Waals surface area contributed by atoms with E-state index >= 15 is 0 Å². The van der Waals surface area contributed by atoms with Crippen molar-refractivity contribution in [3.8, 4) is 10.6 Å². The van der Waals surface area contributed by atoms with E-state index in [0.29, 0.717) is 11.1 Å². The highest BCUT2D eigenvalue weighted by Crippen LogP contribution is 2.29. The number of likely N-dealkylation sites (N-methyl/N-ethyl adjacent to an activating group) is 1. The van der Waals surface area contributed by atoms with Crippen molar-refractivity contribution in [3.63, 3.8) is 0 Å². The summed E-state index contributed by atoms with van der Waals surface area (Å²) in [7, 11) is 2.02. The summed E-state index contributed by atoms with van der Waals surface area (Å²) in [5, 5.41) is 6.93. The van der Waals surface area contributed by atoms with E-state index in [4.69, 9.17) is 26.7 Å². The van der Waals surface area contributed by atoms with Gasteiger partial charge in [-0.25, -0.2) is 4.98 Å². The van der Waals surface area contributed by atoms with Gasteiger partial charge >= 0.3 is 0 Å². The van der Waals surface area contributed by atoms with Crippen molar-refractivity contribution in [1.82, 2.24) is 20.2 Å². The van der Waals surface area contributed by atoms with E-state index in [0.717, 1.165) is 41.5 Å². The second-order valence-corrected chi connectivity index (χ2v) is 8.75. The second-order valence-electron chi connectivity index (χ2n) is 7.48. The average molecular weight is 446 g/mol. The van der Waals surface area contributed by atoms with E-state index in [1.165, 1.54) is 19.1 Å². The zero-order valence-corrected chi connectivity index (χ0v) is 18.3. The molecule has 0 saturated carbocycles. The number of aromatic nitrogens is 2. The summed E-state index contributed by atoms with van der Waals surface area (Å²) >= 11 is 7.94. The maximum atomic E-state index is 12.4. The number of carbonyl (C=O) groups excluding carboxylic acids is 1. The number of ketones is 1. The summed E-state index contributed by atoms with van der Waals surface area (Å²) in [6.07, 6.45) is 3.81. The number of piperidine rings is 1. The summed E-state index contributed by atoms with van der Waals surface area (Å²) in [5.74, 6) is -0.196. The number of nitrogens with two attached hydrogens (primary N) is 1. The number of thiazole rings is 1. The standard InChI is InChI=1S/C21H24ClN5O2S/c1-24-15-3-2-6-27(9-15)10-16-12-30-20(25-16)13-4-5-17(22)14(7-13)8-19(28)18-11-29-21(23)26-18/h4-5,7,11-12,15,24H,2-3,6,8-10H2,1H3,(H2,23,26). The summed E-state index contributed by atoms with van der Waals surface area (Å²) in [4.78, 5) is 23.6. The second kappa shape index (κ2) is 9.26. The number of hydrogen-bond donors (Lipinski definition) is 2. The quantitative estimate of drug-likeness (QED) is 0.535. The first kappa shape index (κ1) is 21.0. The molecule has 7 nitrogen and oxygen atoms in total. The molecule has 1 fully saturated rings. The number of oxazole rings is 1. The number of Topliss-reactive ketones (excluding diaryl/α,β-unsaturated/α-hetero) is 1. The number of hydrogen-bond acceptors (Lipinski definition) is 8. The third kappa shape index (κ3) is 4.89. The molecule has 1 aromatic carbocycles. The Morgan fingerprint density at radius 3 is 3.07 bits per heavy atom. The Hall–Kier alpha value is -2.26. The normalized spacial score (nSPS) is 17.3. The van der Waals surface area contributed by atoms with Crippen molar-refractivity contribution in [1.29, 1.82) is 0 Å². The Bertz CT molecular complexity index is 1030. The molecule has 2 aromatic heterocycles. The van der Waals surface area contributed by atoms with Gasteiger partial charge in [0.25, 0.3) is 6.01 Å². The Morgan fingerprint density at radius 1 is 1.43 bits per heavy atom. The van der Waals surface area contributed by atoms with Crippen LogP contribution in [0.1, 0.15) is 34.6 Å². The van der Waals surface area contributed by atoms with Gasteiger partial charge in [-0.1, -0.05) is 17.7 Å². The Balaban J connectivity index is 1.47. The minimum Gasteiger partial charge on any atom is -0.432 e. The van der Waals surface area contributed by atoms with E-state index in [9.17, 15) is 4.79 Å². The van der Waals surface area contributed by atoms with Gasteiger partial charge < -0.3 is 15.5 Å². The minimum absolute atomic E-state index is 0.0248. The zero-order valence-electron chi connectivity index (χ0n) is 16.7. The monoisotopic (exact) mass is 445 g/mol. The van der Waals surface area contributed by atoms with Gasteiger partial charge in [0.05, 0.1) is 5.69 Å². The fourth-order valence-corrected chi connectivity index (χ4v) is 4.69. The van der Waals surface area contributed by atoms with Gasteiger partial charge in [0.15, 0.2) is 5.78 Å². The number of rotatable bonds is 7. The van der Waals surface area contributed by atoms with Crippen LogP contribution in [-0.2, 0) is 13.0 Å². The molecule has 0 bridgehead atoms. The van der Waals surface area contributed by atoms with Crippen LogP contribution >= 0.6 is 22.9 Å². The number of nitrogen functional groups attached to an aromatic ring is 1. The predicted octanol–water partition coefficient (Wildman–Crippen LogP) is 3.64. The number of likely N-dealkylation sites (tertiary alicyclic amines) is 1. The van der Waals surface area contributed by atoms with Crippen LogP contribution in [0.3, 0.4) is 0 Å². The summed E-state index contributed by atoms with van der Waals surface area (Å²) in [6, 6.07) is 6.19. The molecular weight excluding hydrogens is 422 g/mol. The molecule has 1 aliphatic heterocycles. The van der Waals surface area contributed by atoms with E-state index in [2.05, 4.69) is 20.6 Å². The lowest BCUT2D eigenvalue weighted by Gasteiger charge is -2.31. The Labute approximate surface area is 184 Å². The number of carbonyl (C=O) groups is 1. The van der Waals surface area contributed by atoms with Gasteiger partial charge in [0.1, 0.15) is 17.0 Å². The fraction of sp³-hybridized carbons (Fsp3) is 0.381. The van der Waals surface area contributed by atoms with Crippen LogP contribution in [0.25, 0.3) is 10.6 Å². The SMILES string of the molecule is CNC1CCCN(Cc2csc(-c3ccc(Cl)c(CC(=O)c4coc(N)n4)c3)n2)C1.